The molecule has 0 unspecified atom stereocenters. The number of rotatable bonds is 5. The maximum absolute atomic E-state index is 14.1. The number of aromatic nitrogens is 3. The molecule has 1 aromatic carbocycles. The molecule has 0 radical (unpaired) electrons. The van der Waals surface area contributed by atoms with Crippen molar-refractivity contribution in [3.63, 3.8) is 0 Å². The number of piperidine rings is 1. The third-order valence-electron chi connectivity index (χ3n) is 5.11. The summed E-state index contributed by atoms with van der Waals surface area (Å²) in [5.74, 6) is -2.03. The molecule has 160 valence electrons. The molecule has 2 aromatic heterocycles. The van der Waals surface area contributed by atoms with Crippen molar-refractivity contribution < 1.29 is 8.78 Å². The van der Waals surface area contributed by atoms with Crippen LogP contribution in [-0.2, 0) is 0 Å². The van der Waals surface area contributed by atoms with Crippen LogP contribution in [0.3, 0.4) is 0 Å². The van der Waals surface area contributed by atoms with Gasteiger partial charge in [-0.1, -0.05) is 11.3 Å². The van der Waals surface area contributed by atoms with Crippen molar-refractivity contribution in [2.45, 2.75) is 18.9 Å². The zero-order valence-electron chi connectivity index (χ0n) is 16.5. The summed E-state index contributed by atoms with van der Waals surface area (Å²) >= 11 is 0. The number of hydrogen-bond donors (Lipinski definition) is 4. The van der Waals surface area contributed by atoms with Gasteiger partial charge in [-0.15, -0.1) is 5.10 Å². The molecule has 4 rings (SSSR count). The van der Waals surface area contributed by atoms with Gasteiger partial charge in [-0.2, -0.15) is 10.6 Å². The number of benzene rings is 1. The molecule has 0 saturated carbocycles. The summed E-state index contributed by atoms with van der Waals surface area (Å²) < 4.78 is 29.6. The van der Waals surface area contributed by atoms with Crippen LogP contribution in [0.25, 0.3) is 11.1 Å². The molecule has 0 amide bonds. The molecule has 1 fully saturated rings. The largest absolute Gasteiger partial charge is 0.383 e. The Kier molecular flexibility index (Phi) is 5.94. The monoisotopic (exact) mass is 425 g/mol. The molecule has 1 aliphatic heterocycles. The predicted molar refractivity (Wildman–Crippen MR) is 113 cm³/mol. The molecule has 31 heavy (non-hydrogen) atoms. The molecule has 5 N–H and O–H groups in total. The standard InChI is InChI=1S/C20H21F2N9/c21-16-4-1-5-17(18(16)22)28-20(29-30-24)15-7-12(8-26-19(15)23)13-9-27-31(11-13)14-3-2-6-25-10-14/h1,4-5,7-9,11,14,25H,2-3,6,10H2,(H2,23,26)(H2,24,28,29)/t14-/m1/s1. The van der Waals surface area contributed by atoms with Gasteiger partial charge in [0, 0.05) is 30.1 Å². The van der Waals surface area contributed by atoms with Crippen LogP contribution in [-0.4, -0.2) is 33.7 Å². The van der Waals surface area contributed by atoms with E-state index < -0.39 is 11.6 Å². The fourth-order valence-electron chi connectivity index (χ4n) is 3.49. The molecule has 1 aliphatic rings. The molecule has 3 aromatic rings. The van der Waals surface area contributed by atoms with Gasteiger partial charge in [0.25, 0.3) is 0 Å². The maximum atomic E-state index is 14.1. The van der Waals surface area contributed by atoms with Gasteiger partial charge in [-0.25, -0.2) is 13.8 Å². The van der Waals surface area contributed by atoms with Gasteiger partial charge in [0.1, 0.15) is 5.82 Å². The molecule has 0 bridgehead atoms. The number of nitrogens with zero attached hydrogens (tertiary/aromatic N) is 5. The number of hydrogen-bond acceptors (Lipinski definition) is 6. The van der Waals surface area contributed by atoms with E-state index in [9.17, 15) is 8.78 Å². The Morgan fingerprint density at radius 2 is 2.16 bits per heavy atom. The molecule has 11 heteroatoms. The summed E-state index contributed by atoms with van der Waals surface area (Å²) in [5.41, 5.74) is 14.8. The van der Waals surface area contributed by atoms with Gasteiger partial charge in [-0.3, -0.25) is 4.68 Å². The van der Waals surface area contributed by atoms with Crippen LogP contribution in [0.2, 0.25) is 0 Å². The van der Waals surface area contributed by atoms with Crippen LogP contribution in [0.4, 0.5) is 20.3 Å². The number of halogens is 2. The molecule has 3 heterocycles. The second kappa shape index (κ2) is 8.96. The second-order valence-corrected chi connectivity index (χ2v) is 7.14. The zero-order chi connectivity index (χ0) is 21.8. The number of nitrogen functional groups attached to an aromatic ring is 1. The van der Waals surface area contributed by atoms with Gasteiger partial charge < -0.3 is 16.4 Å². The van der Waals surface area contributed by atoms with E-state index in [1.165, 1.54) is 12.1 Å². The van der Waals surface area contributed by atoms with Crippen LogP contribution in [0, 0.1) is 17.2 Å². The Morgan fingerprint density at radius 1 is 1.29 bits per heavy atom. The molecule has 0 spiro atoms. The third-order valence-corrected chi connectivity index (χ3v) is 5.11. The minimum atomic E-state index is -1.08. The van der Waals surface area contributed by atoms with Crippen LogP contribution in [0.5, 0.6) is 0 Å². The summed E-state index contributed by atoms with van der Waals surface area (Å²) in [5, 5.41) is 17.2. The predicted octanol–water partition coefficient (Wildman–Crippen LogP) is 3.53. The van der Waals surface area contributed by atoms with E-state index in [0.717, 1.165) is 37.6 Å². The average molecular weight is 425 g/mol. The fourth-order valence-corrected chi connectivity index (χ4v) is 3.49. The first kappa shape index (κ1) is 20.5. The van der Waals surface area contributed by atoms with E-state index in [2.05, 4.69) is 31.0 Å². The Balaban J connectivity index is 1.66. The van der Waals surface area contributed by atoms with Crippen molar-refractivity contribution in [1.82, 2.24) is 20.1 Å². The highest BCUT2D eigenvalue weighted by atomic mass is 19.2. The van der Waals surface area contributed by atoms with Crippen molar-refractivity contribution >= 4 is 17.3 Å². The summed E-state index contributed by atoms with van der Waals surface area (Å²) in [6.45, 7) is 1.87. The second-order valence-electron chi connectivity index (χ2n) is 7.14. The van der Waals surface area contributed by atoms with Crippen LogP contribution in [0.15, 0.2) is 53.2 Å². The number of pyridine rings is 1. The molecule has 1 atom stereocenters. The van der Waals surface area contributed by atoms with E-state index in [4.69, 9.17) is 11.3 Å². The lowest BCUT2D eigenvalue weighted by Gasteiger charge is -2.22. The van der Waals surface area contributed by atoms with Gasteiger partial charge in [0.05, 0.1) is 23.5 Å². The molecule has 0 aliphatic carbocycles. The van der Waals surface area contributed by atoms with E-state index in [1.807, 2.05) is 10.9 Å². The van der Waals surface area contributed by atoms with Crippen LogP contribution < -0.4 is 16.4 Å². The Morgan fingerprint density at radius 3 is 2.94 bits per heavy atom. The summed E-state index contributed by atoms with van der Waals surface area (Å²) in [6.07, 6.45) is 7.39. The minimum absolute atomic E-state index is 0.0322. The summed E-state index contributed by atoms with van der Waals surface area (Å²) in [7, 11) is 0. The van der Waals surface area contributed by atoms with E-state index >= 15 is 0 Å². The van der Waals surface area contributed by atoms with Crippen LogP contribution >= 0.6 is 0 Å². The highest BCUT2D eigenvalue weighted by molar-refractivity contribution is 6.11. The molecular weight excluding hydrogens is 404 g/mol. The zero-order valence-corrected chi connectivity index (χ0v) is 16.5. The van der Waals surface area contributed by atoms with E-state index in [0.29, 0.717) is 11.1 Å². The van der Waals surface area contributed by atoms with Crippen molar-refractivity contribution in [3.8, 4) is 11.1 Å². The Bertz CT molecular complexity index is 1120. The highest BCUT2D eigenvalue weighted by Crippen LogP contribution is 2.26. The number of nitrogens with two attached hydrogens (primary N) is 1. The van der Waals surface area contributed by atoms with Crippen LogP contribution in [0.1, 0.15) is 24.4 Å². The first-order chi connectivity index (χ1) is 15.1. The SMILES string of the molecule is N=N/N=C(\Nc1cccc(F)c1F)c1cc(-c2cnn([C@@H]3CCCNC3)c2)cnc1N. The van der Waals surface area contributed by atoms with E-state index in [-0.39, 0.29) is 23.4 Å². The lowest BCUT2D eigenvalue weighted by atomic mass is 10.1. The maximum Gasteiger partial charge on any atom is 0.182 e. The smallest absolute Gasteiger partial charge is 0.182 e. The lowest BCUT2D eigenvalue weighted by Crippen LogP contribution is -2.31. The molecular formula is C20H21F2N9. The third kappa shape index (κ3) is 4.40. The van der Waals surface area contributed by atoms with Gasteiger partial charge in [0.2, 0.25) is 0 Å². The van der Waals surface area contributed by atoms with Gasteiger partial charge >= 0.3 is 0 Å². The number of amidine groups is 1. The fraction of sp³-hybridized carbons (Fsp3) is 0.250. The van der Waals surface area contributed by atoms with Gasteiger partial charge in [-0.05, 0) is 37.6 Å². The van der Waals surface area contributed by atoms with Gasteiger partial charge in [0.15, 0.2) is 17.5 Å². The Hall–Kier alpha value is -3.73. The van der Waals surface area contributed by atoms with Crippen molar-refractivity contribution in [3.05, 3.63) is 60.1 Å². The lowest BCUT2D eigenvalue weighted by molar-refractivity contribution is 0.347. The normalized spacial score (nSPS) is 16.8. The topological polar surface area (TPSA) is 129 Å². The average Bonchev–Trinajstić information content (AvgIpc) is 3.28. The summed E-state index contributed by atoms with van der Waals surface area (Å²) in [4.78, 5) is 4.20. The van der Waals surface area contributed by atoms with Crippen molar-refractivity contribution in [1.29, 1.82) is 5.53 Å². The number of anilines is 2. The first-order valence-corrected chi connectivity index (χ1v) is 9.73. The summed E-state index contributed by atoms with van der Waals surface area (Å²) in [6, 6.07) is 5.66. The molecule has 9 nitrogen and oxygen atoms in total. The first-order valence-electron chi connectivity index (χ1n) is 9.73. The molecule has 1 saturated heterocycles. The minimum Gasteiger partial charge on any atom is -0.383 e. The van der Waals surface area contributed by atoms with Crippen molar-refractivity contribution in [2.75, 3.05) is 24.1 Å². The highest BCUT2D eigenvalue weighted by Gasteiger charge is 2.18. The van der Waals surface area contributed by atoms with E-state index in [1.54, 1.807) is 18.5 Å². The Labute approximate surface area is 176 Å². The quantitative estimate of drug-likeness (QED) is 0.215. The van der Waals surface area contributed by atoms with Crippen molar-refractivity contribution in [2.24, 2.45) is 10.3 Å². The number of nitrogens with one attached hydrogen (secondary N) is 3.